The summed E-state index contributed by atoms with van der Waals surface area (Å²) in [4.78, 5) is 11.8. The molecule has 0 spiro atoms. The normalized spacial score (nSPS) is 11.6. The number of carbonyl (C=O) groups excluding carboxylic acids is 1. The van der Waals surface area contributed by atoms with Gasteiger partial charge in [0.2, 0.25) is 15.9 Å². The van der Waals surface area contributed by atoms with Gasteiger partial charge in [-0.15, -0.1) is 0 Å². The summed E-state index contributed by atoms with van der Waals surface area (Å²) < 4.78 is 24.3. The standard InChI is InChI=1S/C14H21NO3S/c1-5-14(16)15(19(4,17)18)13-8-6-12(7-9-13)10-11(2)3/h6-9,11H,5,10H2,1-4H3. The van der Waals surface area contributed by atoms with Crippen molar-refractivity contribution in [3.8, 4) is 0 Å². The summed E-state index contributed by atoms with van der Waals surface area (Å²) in [5.41, 5.74) is 1.54. The molecule has 0 fully saturated rings. The Kier molecular flexibility index (Phi) is 5.11. The lowest BCUT2D eigenvalue weighted by molar-refractivity contribution is -0.117. The van der Waals surface area contributed by atoms with Crippen LogP contribution in [0.5, 0.6) is 0 Å². The summed E-state index contributed by atoms with van der Waals surface area (Å²) in [6.45, 7) is 5.89. The first-order chi connectivity index (χ1) is 8.75. The smallest absolute Gasteiger partial charge is 0.240 e. The van der Waals surface area contributed by atoms with E-state index in [4.69, 9.17) is 0 Å². The number of nitrogens with zero attached hydrogens (tertiary/aromatic N) is 1. The molecule has 1 rings (SSSR count). The highest BCUT2D eigenvalue weighted by atomic mass is 32.2. The molecular weight excluding hydrogens is 262 g/mol. The van der Waals surface area contributed by atoms with E-state index in [0.717, 1.165) is 22.5 Å². The van der Waals surface area contributed by atoms with Crippen molar-refractivity contribution in [2.75, 3.05) is 10.6 Å². The Morgan fingerprint density at radius 2 is 1.74 bits per heavy atom. The van der Waals surface area contributed by atoms with Crippen LogP contribution >= 0.6 is 0 Å². The molecule has 0 atom stereocenters. The summed E-state index contributed by atoms with van der Waals surface area (Å²) in [5, 5.41) is 0. The molecule has 0 saturated carbocycles. The molecule has 0 aliphatic rings. The lowest BCUT2D eigenvalue weighted by Gasteiger charge is -2.20. The van der Waals surface area contributed by atoms with Crippen LogP contribution in [0.2, 0.25) is 0 Å². The number of carbonyl (C=O) groups is 1. The lowest BCUT2D eigenvalue weighted by atomic mass is 10.0. The third-order valence-electron chi connectivity index (χ3n) is 2.68. The number of hydrogen-bond acceptors (Lipinski definition) is 3. The first-order valence-electron chi connectivity index (χ1n) is 6.37. The van der Waals surface area contributed by atoms with E-state index in [9.17, 15) is 13.2 Å². The molecule has 0 saturated heterocycles. The van der Waals surface area contributed by atoms with Gasteiger partial charge in [0.05, 0.1) is 11.9 Å². The van der Waals surface area contributed by atoms with Gasteiger partial charge in [-0.2, -0.15) is 0 Å². The Morgan fingerprint density at radius 1 is 1.21 bits per heavy atom. The molecule has 0 unspecified atom stereocenters. The minimum atomic E-state index is -3.58. The highest BCUT2D eigenvalue weighted by Crippen LogP contribution is 2.20. The molecule has 1 amide bonds. The van der Waals surface area contributed by atoms with Crippen LogP contribution in [0.15, 0.2) is 24.3 Å². The van der Waals surface area contributed by atoms with Crippen molar-refractivity contribution in [2.45, 2.75) is 33.6 Å². The van der Waals surface area contributed by atoms with Crippen LogP contribution in [0, 0.1) is 5.92 Å². The molecule has 0 heterocycles. The number of rotatable bonds is 5. The number of anilines is 1. The molecule has 0 aromatic heterocycles. The van der Waals surface area contributed by atoms with Gasteiger partial charge in [-0.1, -0.05) is 32.9 Å². The maximum atomic E-state index is 11.8. The van der Waals surface area contributed by atoms with Crippen LogP contribution in [-0.2, 0) is 21.2 Å². The van der Waals surface area contributed by atoms with E-state index < -0.39 is 15.9 Å². The summed E-state index contributed by atoms with van der Waals surface area (Å²) in [6.07, 6.45) is 2.13. The van der Waals surface area contributed by atoms with Gasteiger partial charge in [-0.05, 0) is 30.0 Å². The Bertz CT molecular complexity index is 532. The van der Waals surface area contributed by atoms with Gasteiger partial charge in [0.1, 0.15) is 0 Å². The summed E-state index contributed by atoms with van der Waals surface area (Å²) in [7, 11) is -3.58. The molecule has 1 aromatic carbocycles. The Morgan fingerprint density at radius 3 is 2.11 bits per heavy atom. The topological polar surface area (TPSA) is 54.5 Å². The van der Waals surface area contributed by atoms with Crippen LogP contribution in [0.3, 0.4) is 0 Å². The van der Waals surface area contributed by atoms with Gasteiger partial charge < -0.3 is 0 Å². The maximum Gasteiger partial charge on any atom is 0.240 e. The van der Waals surface area contributed by atoms with Crippen LogP contribution in [0.4, 0.5) is 5.69 Å². The molecule has 19 heavy (non-hydrogen) atoms. The minimum Gasteiger partial charge on any atom is -0.273 e. The van der Waals surface area contributed by atoms with Crippen molar-refractivity contribution in [2.24, 2.45) is 5.92 Å². The summed E-state index contributed by atoms with van der Waals surface area (Å²) in [5.74, 6) is 0.119. The fourth-order valence-corrected chi connectivity index (χ4v) is 2.91. The molecule has 4 nitrogen and oxygen atoms in total. The van der Waals surface area contributed by atoms with Gasteiger partial charge >= 0.3 is 0 Å². The van der Waals surface area contributed by atoms with Gasteiger partial charge in [0.15, 0.2) is 0 Å². The summed E-state index contributed by atoms with van der Waals surface area (Å²) in [6, 6.07) is 7.12. The van der Waals surface area contributed by atoms with Crippen LogP contribution in [0.1, 0.15) is 32.8 Å². The fraction of sp³-hybridized carbons (Fsp3) is 0.500. The SMILES string of the molecule is CCC(=O)N(c1ccc(CC(C)C)cc1)S(C)(=O)=O. The van der Waals surface area contributed by atoms with Crippen LogP contribution in [-0.4, -0.2) is 20.6 Å². The van der Waals surface area contributed by atoms with Gasteiger partial charge in [0, 0.05) is 6.42 Å². The molecule has 0 aliphatic heterocycles. The fourth-order valence-electron chi connectivity index (χ4n) is 1.90. The second kappa shape index (κ2) is 6.19. The van der Waals surface area contributed by atoms with E-state index in [1.807, 2.05) is 12.1 Å². The molecule has 1 aromatic rings. The number of benzene rings is 1. The molecule has 106 valence electrons. The second-order valence-corrected chi connectivity index (χ2v) is 6.87. The monoisotopic (exact) mass is 283 g/mol. The molecule has 0 N–H and O–H groups in total. The molecule has 0 bridgehead atoms. The maximum absolute atomic E-state index is 11.8. The zero-order valence-electron chi connectivity index (χ0n) is 11.9. The highest BCUT2D eigenvalue weighted by Gasteiger charge is 2.23. The average molecular weight is 283 g/mol. The number of amides is 1. The Hall–Kier alpha value is -1.36. The van der Waals surface area contributed by atoms with Gasteiger partial charge in [-0.25, -0.2) is 12.7 Å². The molecule has 0 aliphatic carbocycles. The van der Waals surface area contributed by atoms with E-state index in [1.54, 1.807) is 19.1 Å². The number of hydrogen-bond donors (Lipinski definition) is 0. The molecule has 5 heteroatoms. The summed E-state index contributed by atoms with van der Waals surface area (Å²) >= 11 is 0. The van der Waals surface area contributed by atoms with Crippen LogP contribution < -0.4 is 4.31 Å². The van der Waals surface area contributed by atoms with E-state index in [2.05, 4.69) is 13.8 Å². The van der Waals surface area contributed by atoms with Crippen molar-refractivity contribution in [1.29, 1.82) is 0 Å². The van der Waals surface area contributed by atoms with Gasteiger partial charge in [0.25, 0.3) is 0 Å². The van der Waals surface area contributed by atoms with Gasteiger partial charge in [-0.3, -0.25) is 4.79 Å². The van der Waals surface area contributed by atoms with Crippen molar-refractivity contribution < 1.29 is 13.2 Å². The highest BCUT2D eigenvalue weighted by molar-refractivity contribution is 7.92. The molecule has 0 radical (unpaired) electrons. The first-order valence-corrected chi connectivity index (χ1v) is 8.22. The van der Waals surface area contributed by atoms with Crippen molar-refractivity contribution in [1.82, 2.24) is 0 Å². The van der Waals surface area contributed by atoms with Crippen molar-refractivity contribution in [3.05, 3.63) is 29.8 Å². The third kappa shape index (κ3) is 4.35. The average Bonchev–Trinajstić information content (AvgIpc) is 2.29. The third-order valence-corrected chi connectivity index (χ3v) is 3.75. The first kappa shape index (κ1) is 15.7. The van der Waals surface area contributed by atoms with E-state index in [-0.39, 0.29) is 6.42 Å². The van der Waals surface area contributed by atoms with Crippen molar-refractivity contribution >= 4 is 21.6 Å². The largest absolute Gasteiger partial charge is 0.273 e. The minimum absolute atomic E-state index is 0.154. The Labute approximate surface area is 115 Å². The van der Waals surface area contributed by atoms with Crippen molar-refractivity contribution in [3.63, 3.8) is 0 Å². The van der Waals surface area contributed by atoms with Crippen LogP contribution in [0.25, 0.3) is 0 Å². The second-order valence-electron chi connectivity index (χ2n) is 5.04. The Balaban J connectivity index is 3.08. The predicted molar refractivity (Wildman–Crippen MR) is 77.6 cm³/mol. The number of sulfonamides is 1. The van der Waals surface area contributed by atoms with E-state index in [0.29, 0.717) is 11.6 Å². The predicted octanol–water partition coefficient (Wildman–Crippen LogP) is 2.59. The van der Waals surface area contributed by atoms with E-state index >= 15 is 0 Å². The quantitative estimate of drug-likeness (QED) is 0.834. The van der Waals surface area contributed by atoms with E-state index in [1.165, 1.54) is 0 Å². The zero-order chi connectivity index (χ0) is 14.6. The zero-order valence-corrected chi connectivity index (χ0v) is 12.7. The lowest BCUT2D eigenvalue weighted by Crippen LogP contribution is -2.35. The molecular formula is C14H21NO3S.